The van der Waals surface area contributed by atoms with Crippen LogP contribution in [0.4, 0.5) is 0 Å². The molecule has 0 saturated carbocycles. The Bertz CT molecular complexity index is 696. The smallest absolute Gasteiger partial charge is 0.208 e. The molecule has 0 aliphatic carbocycles. The fourth-order valence-electron chi connectivity index (χ4n) is 2.38. The molecule has 3 heterocycles. The molecule has 0 fully saturated rings. The number of hydrogen-bond donors (Lipinski definition) is 1. The van der Waals surface area contributed by atoms with Crippen LogP contribution >= 0.6 is 11.3 Å². The molecule has 1 N–H and O–H groups in total. The molecule has 3 aromatic heterocycles. The summed E-state index contributed by atoms with van der Waals surface area (Å²) >= 11 is 1.64. The lowest BCUT2D eigenvalue weighted by atomic mass is 10.1. The molecule has 5 nitrogen and oxygen atoms in total. The molecule has 0 unspecified atom stereocenters. The third kappa shape index (κ3) is 2.91. The molecule has 0 aromatic carbocycles. The normalized spacial score (nSPS) is 12.7. The van der Waals surface area contributed by atoms with Gasteiger partial charge in [-0.25, -0.2) is 4.98 Å². The first-order valence-corrected chi connectivity index (χ1v) is 7.68. The molecule has 3 rings (SSSR count). The lowest BCUT2D eigenvalue weighted by Crippen LogP contribution is -2.19. The van der Waals surface area contributed by atoms with Crippen LogP contribution in [0.1, 0.15) is 35.9 Å². The summed E-state index contributed by atoms with van der Waals surface area (Å²) in [6.07, 6.45) is 1.77. The second-order valence-corrected chi connectivity index (χ2v) is 5.88. The number of thiophene rings is 1. The molecular formula is C15H17N3O2S. The highest BCUT2D eigenvalue weighted by atomic mass is 32.1. The number of oxazole rings is 1. The summed E-state index contributed by atoms with van der Waals surface area (Å²) in [6, 6.07) is 4.16. The van der Waals surface area contributed by atoms with Crippen molar-refractivity contribution < 1.29 is 8.94 Å². The first kappa shape index (κ1) is 14.0. The van der Waals surface area contributed by atoms with Crippen LogP contribution in [-0.4, -0.2) is 10.1 Å². The summed E-state index contributed by atoms with van der Waals surface area (Å²) in [6.45, 7) is 6.52. The molecule has 0 bridgehead atoms. The summed E-state index contributed by atoms with van der Waals surface area (Å²) in [5.41, 5.74) is 2.01. The standard InChI is InChI=1S/C15H17N3O2S/c1-9(15-10(2)18-20-11(15)3)16-8-14-17-7-12(19-14)13-5-4-6-21-13/h4-7,9,16H,8H2,1-3H3/t9-/m0/s1. The second-order valence-electron chi connectivity index (χ2n) is 4.94. The van der Waals surface area contributed by atoms with Crippen LogP contribution in [0.3, 0.4) is 0 Å². The van der Waals surface area contributed by atoms with Gasteiger partial charge in [0.1, 0.15) is 5.76 Å². The largest absolute Gasteiger partial charge is 0.438 e. The van der Waals surface area contributed by atoms with Gasteiger partial charge in [-0.3, -0.25) is 0 Å². The van der Waals surface area contributed by atoms with E-state index in [0.29, 0.717) is 12.4 Å². The number of nitrogens with zero attached hydrogens (tertiary/aromatic N) is 2. The van der Waals surface area contributed by atoms with E-state index in [4.69, 9.17) is 8.94 Å². The summed E-state index contributed by atoms with van der Waals surface area (Å²) in [4.78, 5) is 5.40. The summed E-state index contributed by atoms with van der Waals surface area (Å²) in [5.74, 6) is 2.34. The van der Waals surface area contributed by atoms with E-state index >= 15 is 0 Å². The summed E-state index contributed by atoms with van der Waals surface area (Å²) in [5, 5.41) is 9.39. The molecule has 6 heteroatoms. The minimum Gasteiger partial charge on any atom is -0.438 e. The van der Waals surface area contributed by atoms with Gasteiger partial charge in [0.25, 0.3) is 0 Å². The Labute approximate surface area is 127 Å². The monoisotopic (exact) mass is 303 g/mol. The van der Waals surface area contributed by atoms with E-state index in [1.807, 2.05) is 31.4 Å². The van der Waals surface area contributed by atoms with E-state index in [2.05, 4.69) is 22.4 Å². The zero-order chi connectivity index (χ0) is 14.8. The fraction of sp³-hybridized carbons (Fsp3) is 0.333. The van der Waals surface area contributed by atoms with Gasteiger partial charge in [-0.15, -0.1) is 11.3 Å². The van der Waals surface area contributed by atoms with Crippen LogP contribution in [0.2, 0.25) is 0 Å². The maximum Gasteiger partial charge on any atom is 0.208 e. The topological polar surface area (TPSA) is 64.1 Å². The number of aromatic nitrogens is 2. The molecule has 0 radical (unpaired) electrons. The number of nitrogens with one attached hydrogen (secondary N) is 1. The van der Waals surface area contributed by atoms with Crippen molar-refractivity contribution in [3.63, 3.8) is 0 Å². The van der Waals surface area contributed by atoms with Crippen LogP contribution in [-0.2, 0) is 6.54 Å². The van der Waals surface area contributed by atoms with E-state index in [1.165, 1.54) is 0 Å². The minimum absolute atomic E-state index is 0.133. The van der Waals surface area contributed by atoms with Crippen molar-refractivity contribution in [3.8, 4) is 10.6 Å². The average Bonchev–Trinajstić information content (AvgIpc) is 3.17. The van der Waals surface area contributed by atoms with Crippen LogP contribution in [0, 0.1) is 13.8 Å². The molecule has 21 heavy (non-hydrogen) atoms. The van der Waals surface area contributed by atoms with Gasteiger partial charge in [0.2, 0.25) is 5.89 Å². The zero-order valence-electron chi connectivity index (χ0n) is 12.2. The Morgan fingerprint density at radius 1 is 1.38 bits per heavy atom. The van der Waals surface area contributed by atoms with E-state index in [9.17, 15) is 0 Å². The van der Waals surface area contributed by atoms with E-state index < -0.39 is 0 Å². The maximum absolute atomic E-state index is 5.75. The van der Waals surface area contributed by atoms with Crippen LogP contribution < -0.4 is 5.32 Å². The number of hydrogen-bond acceptors (Lipinski definition) is 6. The van der Waals surface area contributed by atoms with Crippen molar-refractivity contribution in [1.82, 2.24) is 15.5 Å². The predicted octanol–water partition coefficient (Wildman–Crippen LogP) is 3.86. The van der Waals surface area contributed by atoms with Gasteiger partial charge >= 0.3 is 0 Å². The van der Waals surface area contributed by atoms with Crippen LogP contribution in [0.15, 0.2) is 32.6 Å². The Kier molecular flexibility index (Phi) is 3.90. The Morgan fingerprint density at radius 3 is 2.90 bits per heavy atom. The molecule has 0 spiro atoms. The van der Waals surface area contributed by atoms with E-state index in [0.717, 1.165) is 27.7 Å². The maximum atomic E-state index is 5.75. The van der Waals surface area contributed by atoms with Crippen molar-refractivity contribution in [2.45, 2.75) is 33.4 Å². The van der Waals surface area contributed by atoms with Gasteiger partial charge in [0.15, 0.2) is 5.76 Å². The van der Waals surface area contributed by atoms with Gasteiger partial charge in [-0.2, -0.15) is 0 Å². The van der Waals surface area contributed by atoms with Crippen LogP contribution in [0.25, 0.3) is 10.6 Å². The van der Waals surface area contributed by atoms with Crippen molar-refractivity contribution >= 4 is 11.3 Å². The minimum atomic E-state index is 0.133. The van der Waals surface area contributed by atoms with Crippen molar-refractivity contribution in [1.29, 1.82) is 0 Å². The Balaban J connectivity index is 1.66. The highest BCUT2D eigenvalue weighted by molar-refractivity contribution is 7.13. The summed E-state index contributed by atoms with van der Waals surface area (Å²) in [7, 11) is 0. The van der Waals surface area contributed by atoms with Gasteiger partial charge < -0.3 is 14.3 Å². The van der Waals surface area contributed by atoms with Gasteiger partial charge in [0.05, 0.1) is 23.3 Å². The van der Waals surface area contributed by atoms with Crippen molar-refractivity contribution in [3.05, 3.63) is 46.6 Å². The Hall–Kier alpha value is -1.92. The highest BCUT2D eigenvalue weighted by Crippen LogP contribution is 2.25. The number of rotatable bonds is 5. The number of aryl methyl sites for hydroxylation is 2. The molecule has 1 atom stereocenters. The second kappa shape index (κ2) is 5.83. The average molecular weight is 303 g/mol. The van der Waals surface area contributed by atoms with Crippen molar-refractivity contribution in [2.24, 2.45) is 0 Å². The molecule has 0 aliphatic rings. The lowest BCUT2D eigenvalue weighted by Gasteiger charge is -2.11. The van der Waals surface area contributed by atoms with Crippen molar-refractivity contribution in [2.75, 3.05) is 0 Å². The highest BCUT2D eigenvalue weighted by Gasteiger charge is 2.16. The van der Waals surface area contributed by atoms with E-state index in [-0.39, 0.29) is 6.04 Å². The van der Waals surface area contributed by atoms with E-state index in [1.54, 1.807) is 17.5 Å². The van der Waals surface area contributed by atoms with Gasteiger partial charge in [-0.1, -0.05) is 11.2 Å². The zero-order valence-corrected chi connectivity index (χ0v) is 13.0. The van der Waals surface area contributed by atoms with Crippen LogP contribution in [0.5, 0.6) is 0 Å². The summed E-state index contributed by atoms with van der Waals surface area (Å²) < 4.78 is 10.9. The molecular weight excluding hydrogens is 286 g/mol. The van der Waals surface area contributed by atoms with Gasteiger partial charge in [0, 0.05) is 11.6 Å². The lowest BCUT2D eigenvalue weighted by molar-refractivity contribution is 0.389. The first-order chi connectivity index (χ1) is 10.1. The predicted molar refractivity (Wildman–Crippen MR) is 81.0 cm³/mol. The SMILES string of the molecule is Cc1noc(C)c1[C@H](C)NCc1ncc(-c2cccs2)o1. The third-order valence-electron chi connectivity index (χ3n) is 3.40. The quantitative estimate of drug-likeness (QED) is 0.775. The third-order valence-corrected chi connectivity index (χ3v) is 4.28. The molecule has 0 amide bonds. The molecule has 110 valence electrons. The fourth-order valence-corrected chi connectivity index (χ4v) is 3.05. The Morgan fingerprint density at radius 2 is 2.24 bits per heavy atom. The first-order valence-electron chi connectivity index (χ1n) is 6.80. The van der Waals surface area contributed by atoms with Gasteiger partial charge in [-0.05, 0) is 32.2 Å². The molecule has 0 saturated heterocycles. The molecule has 3 aromatic rings. The molecule has 0 aliphatic heterocycles.